The average molecular weight is 298 g/mol. The van der Waals surface area contributed by atoms with Crippen molar-refractivity contribution in [3.63, 3.8) is 0 Å². The number of rotatable bonds is 10. The Morgan fingerprint density at radius 1 is 1.15 bits per heavy atom. The summed E-state index contributed by atoms with van der Waals surface area (Å²) in [6, 6.07) is 5.91. The van der Waals surface area contributed by atoms with Crippen LogP contribution in [0.4, 0.5) is 0 Å². The molecule has 0 heterocycles. The van der Waals surface area contributed by atoms with Crippen LogP contribution in [0.2, 0.25) is 5.02 Å². The van der Waals surface area contributed by atoms with Crippen LogP contribution in [0.3, 0.4) is 0 Å². The Morgan fingerprint density at radius 3 is 2.55 bits per heavy atom. The van der Waals surface area contributed by atoms with Crippen LogP contribution in [0.15, 0.2) is 18.2 Å². The van der Waals surface area contributed by atoms with E-state index in [0.29, 0.717) is 0 Å². The van der Waals surface area contributed by atoms with Crippen LogP contribution in [-0.4, -0.2) is 12.6 Å². The molecule has 1 aromatic carbocycles. The molecular formula is C17H28ClNO. The molecule has 20 heavy (non-hydrogen) atoms. The molecule has 0 radical (unpaired) electrons. The lowest BCUT2D eigenvalue weighted by molar-refractivity contribution is 0.301. The van der Waals surface area contributed by atoms with Crippen molar-refractivity contribution < 1.29 is 4.74 Å². The minimum atomic E-state index is 0.0892. The highest BCUT2D eigenvalue weighted by Gasteiger charge is 2.10. The van der Waals surface area contributed by atoms with E-state index < -0.39 is 0 Å². The molecule has 0 amide bonds. The summed E-state index contributed by atoms with van der Waals surface area (Å²) in [4.78, 5) is 0. The Balaban J connectivity index is 2.37. The van der Waals surface area contributed by atoms with Gasteiger partial charge in [-0.25, -0.2) is 0 Å². The molecule has 2 nitrogen and oxygen atoms in total. The van der Waals surface area contributed by atoms with Crippen molar-refractivity contribution in [3.8, 4) is 5.75 Å². The van der Waals surface area contributed by atoms with Gasteiger partial charge in [0.25, 0.3) is 0 Å². The van der Waals surface area contributed by atoms with Gasteiger partial charge in [-0.1, -0.05) is 56.7 Å². The Bertz CT molecular complexity index is 379. The lowest BCUT2D eigenvalue weighted by atomic mass is 10.1. The highest BCUT2D eigenvalue weighted by Crippen LogP contribution is 2.27. The van der Waals surface area contributed by atoms with E-state index >= 15 is 0 Å². The van der Waals surface area contributed by atoms with Crippen LogP contribution in [0, 0.1) is 0 Å². The zero-order chi connectivity index (χ0) is 14.8. The van der Waals surface area contributed by atoms with Crippen molar-refractivity contribution in [2.75, 3.05) is 6.61 Å². The average Bonchev–Trinajstić information content (AvgIpc) is 2.41. The van der Waals surface area contributed by atoms with Gasteiger partial charge in [0.2, 0.25) is 0 Å². The highest BCUT2D eigenvalue weighted by atomic mass is 35.5. The molecule has 3 heteroatoms. The number of halogens is 1. The fraction of sp³-hybridized carbons (Fsp3) is 0.647. The molecule has 114 valence electrons. The maximum Gasteiger partial charge on any atom is 0.124 e. The third kappa shape index (κ3) is 6.62. The van der Waals surface area contributed by atoms with E-state index in [1.54, 1.807) is 0 Å². The van der Waals surface area contributed by atoms with E-state index in [4.69, 9.17) is 22.1 Å². The summed E-state index contributed by atoms with van der Waals surface area (Å²) in [6.07, 6.45) is 8.37. The van der Waals surface area contributed by atoms with Gasteiger partial charge in [0.05, 0.1) is 6.61 Å². The van der Waals surface area contributed by atoms with Crippen LogP contribution < -0.4 is 10.5 Å². The number of benzene rings is 1. The van der Waals surface area contributed by atoms with Gasteiger partial charge in [-0.3, -0.25) is 0 Å². The lowest BCUT2D eigenvalue weighted by Crippen LogP contribution is -2.18. The largest absolute Gasteiger partial charge is 0.493 e. The molecule has 1 unspecified atom stereocenters. The molecule has 0 saturated carbocycles. The summed E-state index contributed by atoms with van der Waals surface area (Å²) >= 11 is 6.24. The molecule has 0 bridgehead atoms. The molecule has 0 fully saturated rings. The van der Waals surface area contributed by atoms with Crippen molar-refractivity contribution >= 4 is 11.6 Å². The van der Waals surface area contributed by atoms with Gasteiger partial charge in [0, 0.05) is 16.6 Å². The van der Waals surface area contributed by atoms with Gasteiger partial charge < -0.3 is 10.5 Å². The first kappa shape index (κ1) is 17.3. The maximum absolute atomic E-state index is 6.24. The topological polar surface area (TPSA) is 35.2 Å². The van der Waals surface area contributed by atoms with Crippen LogP contribution in [0.5, 0.6) is 5.75 Å². The summed E-state index contributed by atoms with van der Waals surface area (Å²) in [7, 11) is 0. The molecule has 0 spiro atoms. The van der Waals surface area contributed by atoms with E-state index in [1.165, 1.54) is 32.1 Å². The SMILES string of the molecule is CCCCCCCCOc1cccc(Cl)c1CC(C)N. The molecular weight excluding hydrogens is 270 g/mol. The third-order valence-electron chi connectivity index (χ3n) is 3.36. The Labute approximate surface area is 128 Å². The third-order valence-corrected chi connectivity index (χ3v) is 3.71. The van der Waals surface area contributed by atoms with Crippen molar-refractivity contribution in [1.82, 2.24) is 0 Å². The minimum Gasteiger partial charge on any atom is -0.493 e. The minimum absolute atomic E-state index is 0.0892. The summed E-state index contributed by atoms with van der Waals surface area (Å²) in [5.74, 6) is 0.892. The number of ether oxygens (including phenoxy) is 1. The smallest absolute Gasteiger partial charge is 0.124 e. The number of nitrogens with two attached hydrogens (primary N) is 1. The van der Waals surface area contributed by atoms with Gasteiger partial charge in [0.15, 0.2) is 0 Å². The molecule has 0 saturated heterocycles. The summed E-state index contributed by atoms with van der Waals surface area (Å²) in [5, 5.41) is 0.753. The molecule has 0 aliphatic carbocycles. The first-order valence-electron chi connectivity index (χ1n) is 7.81. The molecule has 1 atom stereocenters. The zero-order valence-corrected chi connectivity index (χ0v) is 13.6. The van der Waals surface area contributed by atoms with Crippen LogP contribution >= 0.6 is 11.6 Å². The Morgan fingerprint density at radius 2 is 1.85 bits per heavy atom. The van der Waals surface area contributed by atoms with E-state index in [2.05, 4.69) is 6.92 Å². The lowest BCUT2D eigenvalue weighted by Gasteiger charge is -2.14. The Kier molecular flexibility index (Phi) is 8.72. The van der Waals surface area contributed by atoms with Crippen molar-refractivity contribution in [2.24, 2.45) is 5.73 Å². The molecule has 0 aliphatic rings. The Hall–Kier alpha value is -0.730. The second-order valence-corrected chi connectivity index (χ2v) is 5.92. The second kappa shape index (κ2) is 10.1. The van der Waals surface area contributed by atoms with Crippen molar-refractivity contribution in [3.05, 3.63) is 28.8 Å². The molecule has 0 aliphatic heterocycles. The zero-order valence-electron chi connectivity index (χ0n) is 12.8. The van der Waals surface area contributed by atoms with E-state index in [9.17, 15) is 0 Å². The summed E-state index contributed by atoms with van der Waals surface area (Å²) in [5.41, 5.74) is 6.91. The summed E-state index contributed by atoms with van der Waals surface area (Å²) in [6.45, 7) is 4.99. The van der Waals surface area contributed by atoms with Gasteiger partial charge in [-0.05, 0) is 31.9 Å². The maximum atomic E-state index is 6.24. The fourth-order valence-electron chi connectivity index (χ4n) is 2.26. The second-order valence-electron chi connectivity index (χ2n) is 5.51. The number of hydrogen-bond donors (Lipinski definition) is 1. The van der Waals surface area contributed by atoms with Crippen LogP contribution in [-0.2, 0) is 6.42 Å². The molecule has 2 N–H and O–H groups in total. The normalized spacial score (nSPS) is 12.4. The molecule has 1 rings (SSSR count). The van der Waals surface area contributed by atoms with Gasteiger partial charge in [-0.2, -0.15) is 0 Å². The standard InChI is InChI=1S/C17H28ClNO/c1-3-4-5-6-7-8-12-20-17-11-9-10-16(18)15(17)13-14(2)19/h9-11,14H,3-8,12-13,19H2,1-2H3. The number of hydrogen-bond acceptors (Lipinski definition) is 2. The van der Waals surface area contributed by atoms with E-state index in [0.717, 1.165) is 35.8 Å². The summed E-state index contributed by atoms with van der Waals surface area (Å²) < 4.78 is 5.89. The molecule has 1 aromatic rings. The fourth-order valence-corrected chi connectivity index (χ4v) is 2.50. The monoisotopic (exact) mass is 297 g/mol. The van der Waals surface area contributed by atoms with Gasteiger partial charge in [0.1, 0.15) is 5.75 Å². The van der Waals surface area contributed by atoms with Gasteiger partial charge >= 0.3 is 0 Å². The van der Waals surface area contributed by atoms with E-state index in [1.807, 2.05) is 25.1 Å². The first-order valence-corrected chi connectivity index (χ1v) is 8.18. The molecule has 0 aromatic heterocycles. The predicted octanol–water partition coefficient (Wildman–Crippen LogP) is 4.97. The van der Waals surface area contributed by atoms with Crippen LogP contribution in [0.1, 0.15) is 57.9 Å². The predicted molar refractivity (Wildman–Crippen MR) is 87.7 cm³/mol. The highest BCUT2D eigenvalue weighted by molar-refractivity contribution is 6.31. The number of unbranched alkanes of at least 4 members (excludes halogenated alkanes) is 5. The van der Waals surface area contributed by atoms with E-state index in [-0.39, 0.29) is 6.04 Å². The van der Waals surface area contributed by atoms with Crippen molar-refractivity contribution in [1.29, 1.82) is 0 Å². The quantitative estimate of drug-likeness (QED) is 0.619. The van der Waals surface area contributed by atoms with Crippen molar-refractivity contribution in [2.45, 2.75) is 64.8 Å². The van der Waals surface area contributed by atoms with Gasteiger partial charge in [-0.15, -0.1) is 0 Å². The first-order chi connectivity index (χ1) is 9.65. The van der Waals surface area contributed by atoms with Crippen LogP contribution in [0.25, 0.3) is 0 Å².